The van der Waals surface area contributed by atoms with Gasteiger partial charge in [-0.05, 0) is 31.7 Å². The SMILES string of the molecule is C=C(C)CC(NCCC)C(OC)C(C)(C)C. The Morgan fingerprint density at radius 1 is 1.38 bits per heavy atom. The first-order chi connectivity index (χ1) is 7.32. The van der Waals surface area contributed by atoms with Crippen molar-refractivity contribution in [3.05, 3.63) is 12.2 Å². The second kappa shape index (κ2) is 7.08. The molecule has 16 heavy (non-hydrogen) atoms. The van der Waals surface area contributed by atoms with Crippen LogP contribution in [0.15, 0.2) is 12.2 Å². The summed E-state index contributed by atoms with van der Waals surface area (Å²) in [4.78, 5) is 0. The van der Waals surface area contributed by atoms with Crippen molar-refractivity contribution in [2.75, 3.05) is 13.7 Å². The van der Waals surface area contributed by atoms with Crippen LogP contribution < -0.4 is 5.32 Å². The fraction of sp³-hybridized carbons (Fsp3) is 0.857. The highest BCUT2D eigenvalue weighted by Gasteiger charge is 2.31. The van der Waals surface area contributed by atoms with Crippen molar-refractivity contribution in [2.45, 2.75) is 59.6 Å². The molecule has 2 unspecified atom stereocenters. The fourth-order valence-electron chi connectivity index (χ4n) is 2.11. The minimum Gasteiger partial charge on any atom is -0.379 e. The van der Waals surface area contributed by atoms with Crippen LogP contribution >= 0.6 is 0 Å². The maximum Gasteiger partial charge on any atom is 0.0775 e. The first-order valence-corrected chi connectivity index (χ1v) is 6.23. The number of methoxy groups -OCH3 is 1. The van der Waals surface area contributed by atoms with Gasteiger partial charge in [0.15, 0.2) is 0 Å². The zero-order valence-electron chi connectivity index (χ0n) is 11.9. The Morgan fingerprint density at radius 3 is 2.25 bits per heavy atom. The van der Waals surface area contributed by atoms with Gasteiger partial charge >= 0.3 is 0 Å². The predicted octanol–water partition coefficient (Wildman–Crippen LogP) is 3.38. The molecule has 0 saturated carbocycles. The van der Waals surface area contributed by atoms with E-state index in [1.54, 1.807) is 7.11 Å². The zero-order valence-corrected chi connectivity index (χ0v) is 11.9. The highest BCUT2D eigenvalue weighted by Crippen LogP contribution is 2.27. The second-order valence-corrected chi connectivity index (χ2v) is 5.74. The summed E-state index contributed by atoms with van der Waals surface area (Å²) in [6.07, 6.45) is 2.35. The smallest absolute Gasteiger partial charge is 0.0775 e. The quantitative estimate of drug-likeness (QED) is 0.673. The lowest BCUT2D eigenvalue weighted by molar-refractivity contribution is -0.0109. The van der Waals surface area contributed by atoms with Gasteiger partial charge in [0.25, 0.3) is 0 Å². The molecule has 0 fully saturated rings. The van der Waals surface area contributed by atoms with Crippen LogP contribution in [0.2, 0.25) is 0 Å². The van der Waals surface area contributed by atoms with Crippen LogP contribution in [0.25, 0.3) is 0 Å². The van der Waals surface area contributed by atoms with Crippen LogP contribution in [0.5, 0.6) is 0 Å². The normalized spacial score (nSPS) is 15.9. The van der Waals surface area contributed by atoms with Crippen LogP contribution in [-0.2, 0) is 4.74 Å². The van der Waals surface area contributed by atoms with Crippen molar-refractivity contribution < 1.29 is 4.74 Å². The van der Waals surface area contributed by atoms with Gasteiger partial charge in [-0.15, -0.1) is 6.58 Å². The molecular formula is C14H29NO. The minimum atomic E-state index is 0.148. The monoisotopic (exact) mass is 227 g/mol. The Labute approximate surface area is 101 Å². The van der Waals surface area contributed by atoms with Crippen LogP contribution in [0.4, 0.5) is 0 Å². The molecule has 0 aliphatic rings. The summed E-state index contributed by atoms with van der Waals surface area (Å²) in [6, 6.07) is 0.363. The summed E-state index contributed by atoms with van der Waals surface area (Å²) in [5.74, 6) is 0. The third kappa shape index (κ3) is 5.66. The lowest BCUT2D eigenvalue weighted by Crippen LogP contribution is -2.48. The molecule has 0 heterocycles. The molecule has 96 valence electrons. The Balaban J connectivity index is 4.61. The Morgan fingerprint density at radius 2 is 1.94 bits per heavy atom. The highest BCUT2D eigenvalue weighted by atomic mass is 16.5. The van der Waals surface area contributed by atoms with E-state index in [1.807, 2.05) is 0 Å². The maximum absolute atomic E-state index is 5.67. The molecule has 0 aliphatic carbocycles. The molecule has 0 aromatic carbocycles. The van der Waals surface area contributed by atoms with Gasteiger partial charge in [-0.25, -0.2) is 0 Å². The average Bonchev–Trinajstić information content (AvgIpc) is 2.11. The van der Waals surface area contributed by atoms with Gasteiger partial charge in [0.05, 0.1) is 6.10 Å². The van der Waals surface area contributed by atoms with Crippen molar-refractivity contribution in [1.29, 1.82) is 0 Å². The summed E-state index contributed by atoms with van der Waals surface area (Å²) >= 11 is 0. The van der Waals surface area contributed by atoms with Crippen molar-refractivity contribution in [3.63, 3.8) is 0 Å². The molecule has 0 saturated heterocycles. The van der Waals surface area contributed by atoms with Gasteiger partial charge < -0.3 is 10.1 Å². The third-order valence-corrected chi connectivity index (χ3v) is 2.70. The molecule has 0 rings (SSSR count). The fourth-order valence-corrected chi connectivity index (χ4v) is 2.11. The lowest BCUT2D eigenvalue weighted by Gasteiger charge is -2.36. The van der Waals surface area contributed by atoms with Gasteiger partial charge in [-0.3, -0.25) is 0 Å². The van der Waals surface area contributed by atoms with E-state index in [1.165, 1.54) is 5.57 Å². The number of hydrogen-bond acceptors (Lipinski definition) is 2. The van der Waals surface area contributed by atoms with E-state index in [0.29, 0.717) is 6.04 Å². The summed E-state index contributed by atoms with van der Waals surface area (Å²) < 4.78 is 5.67. The van der Waals surface area contributed by atoms with Gasteiger partial charge in [0, 0.05) is 13.2 Å². The van der Waals surface area contributed by atoms with Crippen molar-refractivity contribution in [2.24, 2.45) is 5.41 Å². The van der Waals surface area contributed by atoms with Gasteiger partial charge in [-0.1, -0.05) is 33.3 Å². The summed E-state index contributed by atoms with van der Waals surface area (Å²) in [5.41, 5.74) is 1.36. The molecule has 2 heteroatoms. The summed E-state index contributed by atoms with van der Waals surface area (Å²) in [5, 5.41) is 3.57. The van der Waals surface area contributed by atoms with Gasteiger partial charge in [0.2, 0.25) is 0 Å². The second-order valence-electron chi connectivity index (χ2n) is 5.74. The van der Waals surface area contributed by atoms with E-state index in [4.69, 9.17) is 4.74 Å². The number of ether oxygens (including phenoxy) is 1. The summed E-state index contributed by atoms with van der Waals surface area (Å²) in [6.45, 7) is 16.0. The molecular weight excluding hydrogens is 198 g/mol. The average molecular weight is 227 g/mol. The molecule has 2 atom stereocenters. The van der Waals surface area contributed by atoms with Crippen molar-refractivity contribution >= 4 is 0 Å². The zero-order chi connectivity index (χ0) is 12.8. The molecule has 0 amide bonds. The van der Waals surface area contributed by atoms with Crippen molar-refractivity contribution in [1.82, 2.24) is 5.32 Å². The Bertz CT molecular complexity index is 205. The molecule has 1 N–H and O–H groups in total. The van der Waals surface area contributed by atoms with Crippen LogP contribution in [0.3, 0.4) is 0 Å². The van der Waals surface area contributed by atoms with E-state index in [2.05, 4.69) is 46.5 Å². The number of nitrogens with one attached hydrogen (secondary N) is 1. The number of rotatable bonds is 7. The van der Waals surface area contributed by atoms with E-state index in [9.17, 15) is 0 Å². The molecule has 0 spiro atoms. The first kappa shape index (κ1) is 15.7. The standard InChI is InChI=1S/C14H29NO/c1-8-9-15-12(10-11(2)3)13(16-7)14(4,5)6/h12-13,15H,2,8-10H2,1,3-7H3. The maximum atomic E-state index is 5.67. The van der Waals surface area contributed by atoms with Crippen LogP contribution in [0.1, 0.15) is 47.5 Å². The molecule has 0 aromatic heterocycles. The van der Waals surface area contributed by atoms with E-state index >= 15 is 0 Å². The topological polar surface area (TPSA) is 21.3 Å². The van der Waals surface area contributed by atoms with E-state index in [0.717, 1.165) is 19.4 Å². The van der Waals surface area contributed by atoms with Crippen molar-refractivity contribution in [3.8, 4) is 0 Å². The molecule has 2 nitrogen and oxygen atoms in total. The largest absolute Gasteiger partial charge is 0.379 e. The summed E-state index contributed by atoms with van der Waals surface area (Å²) in [7, 11) is 1.80. The van der Waals surface area contributed by atoms with Gasteiger partial charge in [0.1, 0.15) is 0 Å². The Kier molecular flexibility index (Phi) is 6.93. The molecule has 0 radical (unpaired) electrons. The molecule has 0 aromatic rings. The lowest BCUT2D eigenvalue weighted by atomic mass is 9.82. The van der Waals surface area contributed by atoms with Crippen LogP contribution in [-0.4, -0.2) is 25.8 Å². The molecule has 0 aliphatic heterocycles. The minimum absolute atomic E-state index is 0.148. The van der Waals surface area contributed by atoms with E-state index in [-0.39, 0.29) is 11.5 Å². The van der Waals surface area contributed by atoms with Gasteiger partial charge in [-0.2, -0.15) is 0 Å². The predicted molar refractivity (Wildman–Crippen MR) is 71.8 cm³/mol. The van der Waals surface area contributed by atoms with Crippen LogP contribution in [0, 0.1) is 5.41 Å². The first-order valence-electron chi connectivity index (χ1n) is 6.23. The third-order valence-electron chi connectivity index (χ3n) is 2.70. The number of hydrogen-bond donors (Lipinski definition) is 1. The highest BCUT2D eigenvalue weighted by molar-refractivity contribution is 4.98. The molecule has 0 bridgehead atoms. The Hall–Kier alpha value is -0.340. The van der Waals surface area contributed by atoms with E-state index < -0.39 is 0 Å².